The molecule has 0 saturated carbocycles. The number of nitrogen functional groups attached to an aromatic ring is 1. The summed E-state index contributed by atoms with van der Waals surface area (Å²) < 4.78 is 1.25. The number of carbonyl (C=O) groups excluding carboxylic acids is 2. The normalized spacial score (nSPS) is 12.7. The number of hydrogen-bond acceptors (Lipinski definition) is 5. The summed E-state index contributed by atoms with van der Waals surface area (Å²) in [5.41, 5.74) is 8.21. The summed E-state index contributed by atoms with van der Waals surface area (Å²) in [6.07, 6.45) is 3.25. The highest BCUT2D eigenvalue weighted by Gasteiger charge is 2.31. The Morgan fingerprint density at radius 3 is 2.59 bits per heavy atom. The second kappa shape index (κ2) is 6.53. The largest absolute Gasteiger partial charge is 0.384 e. The molecule has 4 rings (SSSR count). The number of aryl methyl sites for hydroxylation is 2. The van der Waals surface area contributed by atoms with Crippen LogP contribution >= 0.6 is 0 Å². The van der Waals surface area contributed by atoms with Crippen LogP contribution in [0.1, 0.15) is 32.0 Å². The predicted molar refractivity (Wildman–Crippen MR) is 99.9 cm³/mol. The summed E-state index contributed by atoms with van der Waals surface area (Å²) in [4.78, 5) is 40.6. The third-order valence-electron chi connectivity index (χ3n) is 4.52. The van der Waals surface area contributed by atoms with E-state index in [4.69, 9.17) is 5.73 Å². The van der Waals surface area contributed by atoms with Gasteiger partial charge in [-0.15, -0.1) is 0 Å². The van der Waals surface area contributed by atoms with E-state index >= 15 is 0 Å². The molecule has 2 amide bonds. The number of fused-ring (bicyclic) bond motifs is 1. The molecule has 0 spiro atoms. The number of amides is 2. The molecule has 3 heterocycles. The molecule has 0 aliphatic carbocycles. The van der Waals surface area contributed by atoms with E-state index in [1.165, 1.54) is 4.57 Å². The van der Waals surface area contributed by atoms with Crippen molar-refractivity contribution in [2.75, 3.05) is 5.73 Å². The minimum Gasteiger partial charge on any atom is -0.384 e. The van der Waals surface area contributed by atoms with Crippen LogP contribution in [0.2, 0.25) is 0 Å². The van der Waals surface area contributed by atoms with Gasteiger partial charge < -0.3 is 5.73 Å². The Hall–Kier alpha value is -3.74. The van der Waals surface area contributed by atoms with Crippen LogP contribution in [0.4, 0.5) is 5.82 Å². The first-order valence-corrected chi connectivity index (χ1v) is 8.45. The summed E-state index contributed by atoms with van der Waals surface area (Å²) in [5, 5.41) is 2.16. The number of pyridine rings is 2. The van der Waals surface area contributed by atoms with Crippen molar-refractivity contribution in [2.24, 2.45) is 0 Å². The van der Waals surface area contributed by atoms with E-state index in [-0.39, 0.29) is 16.9 Å². The van der Waals surface area contributed by atoms with Crippen molar-refractivity contribution in [3.8, 4) is 5.69 Å². The van der Waals surface area contributed by atoms with Crippen LogP contribution in [-0.4, -0.2) is 21.4 Å². The topological polar surface area (TPSA) is 107 Å². The van der Waals surface area contributed by atoms with Gasteiger partial charge in [0.1, 0.15) is 5.82 Å². The molecular weight excluding hydrogens is 344 g/mol. The van der Waals surface area contributed by atoms with Gasteiger partial charge in [-0.3, -0.25) is 29.3 Å². The van der Waals surface area contributed by atoms with Crippen LogP contribution in [0.3, 0.4) is 0 Å². The van der Waals surface area contributed by atoms with E-state index in [0.29, 0.717) is 5.69 Å². The fraction of sp³-hybridized carbons (Fsp3) is 0.100. The quantitative estimate of drug-likeness (QED) is 0.686. The fourth-order valence-corrected chi connectivity index (χ4v) is 3.22. The standard InChI is InChI=1S/C20H16N4O3/c21-18-17-15(19(26)23-20(17)27)11-16(25)24(18)14-6-3-4-12(10-14)7-8-13-5-1-2-9-22-13/h1-6,9-11H,7-8,21H2,(H,23,26,27). The van der Waals surface area contributed by atoms with Crippen molar-refractivity contribution >= 4 is 17.6 Å². The molecular formula is C20H16N4O3. The molecule has 0 saturated heterocycles. The Kier molecular flexibility index (Phi) is 4.04. The van der Waals surface area contributed by atoms with Crippen molar-refractivity contribution in [1.29, 1.82) is 0 Å². The van der Waals surface area contributed by atoms with Gasteiger partial charge in [0, 0.05) is 18.0 Å². The second-order valence-electron chi connectivity index (χ2n) is 6.27. The first-order valence-electron chi connectivity index (χ1n) is 8.45. The lowest BCUT2D eigenvalue weighted by Crippen LogP contribution is -2.24. The van der Waals surface area contributed by atoms with Gasteiger partial charge in [0.25, 0.3) is 17.4 Å². The molecule has 7 heteroatoms. The summed E-state index contributed by atoms with van der Waals surface area (Å²) in [6.45, 7) is 0. The van der Waals surface area contributed by atoms with Crippen molar-refractivity contribution in [3.63, 3.8) is 0 Å². The van der Waals surface area contributed by atoms with E-state index < -0.39 is 17.4 Å². The van der Waals surface area contributed by atoms with Gasteiger partial charge in [-0.2, -0.15) is 0 Å². The highest BCUT2D eigenvalue weighted by Crippen LogP contribution is 2.23. The lowest BCUT2D eigenvalue weighted by Gasteiger charge is -2.13. The molecule has 27 heavy (non-hydrogen) atoms. The van der Waals surface area contributed by atoms with Gasteiger partial charge in [0.05, 0.1) is 16.8 Å². The van der Waals surface area contributed by atoms with E-state index in [0.717, 1.165) is 30.2 Å². The molecule has 1 aliphatic rings. The average molecular weight is 360 g/mol. The minimum absolute atomic E-state index is 0.0186. The van der Waals surface area contributed by atoms with Gasteiger partial charge in [0.2, 0.25) is 0 Å². The van der Waals surface area contributed by atoms with Gasteiger partial charge in [-0.05, 0) is 42.7 Å². The van der Waals surface area contributed by atoms with Crippen LogP contribution in [-0.2, 0) is 12.8 Å². The number of nitrogens with one attached hydrogen (secondary N) is 1. The van der Waals surface area contributed by atoms with Crippen LogP contribution in [0.5, 0.6) is 0 Å². The van der Waals surface area contributed by atoms with Crippen molar-refractivity contribution in [3.05, 3.63) is 87.5 Å². The fourth-order valence-electron chi connectivity index (χ4n) is 3.22. The summed E-state index contributed by atoms with van der Waals surface area (Å²) in [7, 11) is 0. The minimum atomic E-state index is -0.602. The molecule has 0 radical (unpaired) electrons. The first kappa shape index (κ1) is 16.7. The zero-order chi connectivity index (χ0) is 19.0. The molecule has 134 valence electrons. The van der Waals surface area contributed by atoms with Crippen molar-refractivity contribution < 1.29 is 9.59 Å². The highest BCUT2D eigenvalue weighted by atomic mass is 16.2. The summed E-state index contributed by atoms with van der Waals surface area (Å²) in [6, 6.07) is 14.3. The van der Waals surface area contributed by atoms with Gasteiger partial charge >= 0.3 is 0 Å². The molecule has 7 nitrogen and oxygen atoms in total. The molecule has 0 unspecified atom stereocenters. The number of anilines is 1. The van der Waals surface area contributed by atoms with E-state index in [1.54, 1.807) is 12.3 Å². The number of hydrogen-bond donors (Lipinski definition) is 2. The third-order valence-corrected chi connectivity index (χ3v) is 4.52. The predicted octanol–water partition coefficient (Wildman–Crippen LogP) is 1.48. The number of carbonyl (C=O) groups is 2. The number of benzene rings is 1. The zero-order valence-electron chi connectivity index (χ0n) is 14.3. The molecule has 1 aliphatic heterocycles. The number of imide groups is 1. The smallest absolute Gasteiger partial charge is 0.262 e. The first-order chi connectivity index (χ1) is 13.0. The Balaban J connectivity index is 1.71. The second-order valence-corrected chi connectivity index (χ2v) is 6.27. The maximum absolute atomic E-state index is 12.5. The monoisotopic (exact) mass is 360 g/mol. The zero-order valence-corrected chi connectivity index (χ0v) is 14.3. The van der Waals surface area contributed by atoms with E-state index in [2.05, 4.69) is 10.3 Å². The van der Waals surface area contributed by atoms with Crippen LogP contribution in [0, 0.1) is 0 Å². The molecule has 3 aromatic rings. The number of nitrogens with two attached hydrogens (primary N) is 1. The Labute approximate surface area is 154 Å². The molecule has 1 aromatic carbocycles. The van der Waals surface area contributed by atoms with Crippen LogP contribution < -0.4 is 16.6 Å². The van der Waals surface area contributed by atoms with Gasteiger partial charge in [-0.1, -0.05) is 18.2 Å². The molecule has 0 fully saturated rings. The number of rotatable bonds is 4. The van der Waals surface area contributed by atoms with Gasteiger partial charge in [-0.25, -0.2) is 0 Å². The maximum Gasteiger partial charge on any atom is 0.262 e. The van der Waals surface area contributed by atoms with Crippen molar-refractivity contribution in [1.82, 2.24) is 14.9 Å². The molecule has 0 bridgehead atoms. The Bertz CT molecular complexity index is 1120. The van der Waals surface area contributed by atoms with Crippen LogP contribution in [0.15, 0.2) is 59.5 Å². The van der Waals surface area contributed by atoms with Crippen molar-refractivity contribution in [2.45, 2.75) is 12.8 Å². The maximum atomic E-state index is 12.5. The lowest BCUT2D eigenvalue weighted by molar-refractivity contribution is 0.0880. The molecule has 3 N–H and O–H groups in total. The Morgan fingerprint density at radius 2 is 1.81 bits per heavy atom. The third kappa shape index (κ3) is 2.99. The SMILES string of the molecule is Nc1c2c(cc(=O)n1-c1cccc(CCc3ccccn3)c1)C(=O)NC2=O. The number of nitrogens with zero attached hydrogens (tertiary/aromatic N) is 2. The Morgan fingerprint density at radius 1 is 0.963 bits per heavy atom. The summed E-state index contributed by atoms with van der Waals surface area (Å²) in [5.74, 6) is -1.23. The van der Waals surface area contributed by atoms with E-state index in [9.17, 15) is 14.4 Å². The summed E-state index contributed by atoms with van der Waals surface area (Å²) >= 11 is 0. The molecule has 2 aromatic heterocycles. The molecule has 0 atom stereocenters. The lowest BCUT2D eigenvalue weighted by atomic mass is 10.1. The van der Waals surface area contributed by atoms with Crippen LogP contribution in [0.25, 0.3) is 5.69 Å². The van der Waals surface area contributed by atoms with Gasteiger partial charge in [0.15, 0.2) is 0 Å². The highest BCUT2D eigenvalue weighted by molar-refractivity contribution is 6.23. The van der Waals surface area contributed by atoms with E-state index in [1.807, 2.05) is 36.4 Å². The average Bonchev–Trinajstić information content (AvgIpc) is 2.95. The number of aromatic nitrogens is 2.